The van der Waals surface area contributed by atoms with Crippen LogP contribution in [-0.2, 0) is 26.0 Å². The van der Waals surface area contributed by atoms with Crippen LogP contribution in [0.2, 0.25) is 0 Å². The fraction of sp³-hybridized carbons (Fsp3) is 0.333. The summed E-state index contributed by atoms with van der Waals surface area (Å²) in [5.41, 5.74) is 10.7. The number of ether oxygens (including phenoxy) is 2. The second-order valence-corrected chi connectivity index (χ2v) is 5.42. The molecule has 0 fully saturated rings. The van der Waals surface area contributed by atoms with Crippen molar-refractivity contribution < 1.29 is 9.47 Å². The summed E-state index contributed by atoms with van der Waals surface area (Å²) < 4.78 is 11.3. The molecule has 1 aliphatic rings. The average Bonchev–Trinajstić information content (AvgIpc) is 3.00. The number of aryl methyl sites for hydroxylation is 2. The first-order chi connectivity index (χ1) is 10.3. The van der Waals surface area contributed by atoms with Crippen molar-refractivity contribution in [3.05, 3.63) is 58.7 Å². The van der Waals surface area contributed by atoms with Gasteiger partial charge in [-0.1, -0.05) is 18.2 Å². The molecule has 0 bridgehead atoms. The van der Waals surface area contributed by atoms with Crippen LogP contribution in [0, 0.1) is 0 Å². The molecule has 3 rings (SSSR count). The van der Waals surface area contributed by atoms with Crippen molar-refractivity contribution in [1.29, 1.82) is 0 Å². The molecule has 0 aromatic heterocycles. The lowest BCUT2D eigenvalue weighted by molar-refractivity contribution is 0.305. The molecule has 0 spiro atoms. The molecular weight excluding hydrogens is 262 g/mol. The summed E-state index contributed by atoms with van der Waals surface area (Å²) in [6, 6.07) is 12.5. The SMILES string of the molecule is COc1cc(COc2ccc3c(c2)CCC3)ccc1CN. The van der Waals surface area contributed by atoms with Gasteiger partial charge in [-0.15, -0.1) is 0 Å². The van der Waals surface area contributed by atoms with E-state index < -0.39 is 0 Å². The quantitative estimate of drug-likeness (QED) is 0.916. The molecule has 1 aliphatic carbocycles. The number of hydrogen-bond acceptors (Lipinski definition) is 3. The normalized spacial score (nSPS) is 13.0. The Balaban J connectivity index is 1.70. The summed E-state index contributed by atoms with van der Waals surface area (Å²) in [5, 5.41) is 0. The smallest absolute Gasteiger partial charge is 0.123 e. The molecule has 0 radical (unpaired) electrons. The summed E-state index contributed by atoms with van der Waals surface area (Å²) in [6.07, 6.45) is 3.63. The Kier molecular flexibility index (Phi) is 4.11. The molecule has 0 saturated carbocycles. The van der Waals surface area contributed by atoms with Crippen LogP contribution in [0.4, 0.5) is 0 Å². The lowest BCUT2D eigenvalue weighted by Gasteiger charge is -2.11. The topological polar surface area (TPSA) is 44.5 Å². The molecule has 0 amide bonds. The summed E-state index contributed by atoms with van der Waals surface area (Å²) in [5.74, 6) is 1.77. The van der Waals surface area contributed by atoms with Crippen molar-refractivity contribution in [3.63, 3.8) is 0 Å². The van der Waals surface area contributed by atoms with Crippen LogP contribution in [0.15, 0.2) is 36.4 Å². The molecule has 2 aromatic carbocycles. The number of rotatable bonds is 5. The van der Waals surface area contributed by atoms with Crippen LogP contribution in [0.1, 0.15) is 28.7 Å². The monoisotopic (exact) mass is 283 g/mol. The van der Waals surface area contributed by atoms with Crippen molar-refractivity contribution in [2.24, 2.45) is 5.73 Å². The van der Waals surface area contributed by atoms with E-state index in [2.05, 4.69) is 18.2 Å². The van der Waals surface area contributed by atoms with Crippen LogP contribution in [0.5, 0.6) is 11.5 Å². The van der Waals surface area contributed by atoms with E-state index in [4.69, 9.17) is 15.2 Å². The van der Waals surface area contributed by atoms with E-state index in [1.807, 2.05) is 18.2 Å². The molecular formula is C18H21NO2. The second kappa shape index (κ2) is 6.19. The van der Waals surface area contributed by atoms with E-state index >= 15 is 0 Å². The largest absolute Gasteiger partial charge is 0.496 e. The zero-order valence-corrected chi connectivity index (χ0v) is 12.4. The van der Waals surface area contributed by atoms with Gasteiger partial charge in [0.15, 0.2) is 0 Å². The van der Waals surface area contributed by atoms with E-state index in [-0.39, 0.29) is 0 Å². The maximum atomic E-state index is 5.90. The fourth-order valence-corrected chi connectivity index (χ4v) is 2.85. The van der Waals surface area contributed by atoms with Gasteiger partial charge in [0.25, 0.3) is 0 Å². The summed E-state index contributed by atoms with van der Waals surface area (Å²) in [6.45, 7) is 1.02. The van der Waals surface area contributed by atoms with Crippen molar-refractivity contribution in [2.75, 3.05) is 7.11 Å². The van der Waals surface area contributed by atoms with Crippen LogP contribution >= 0.6 is 0 Å². The Morgan fingerprint density at radius 3 is 2.71 bits per heavy atom. The molecule has 0 unspecified atom stereocenters. The standard InChI is InChI=1S/C18H21NO2/c1-20-18-9-13(5-6-16(18)11-19)12-21-17-8-7-14-3-2-4-15(14)10-17/h5-10H,2-4,11-12,19H2,1H3. The Bertz CT molecular complexity index is 637. The Morgan fingerprint density at radius 2 is 1.90 bits per heavy atom. The number of benzene rings is 2. The molecule has 0 atom stereocenters. The van der Waals surface area contributed by atoms with Crippen molar-refractivity contribution in [3.8, 4) is 11.5 Å². The number of nitrogens with two attached hydrogens (primary N) is 1. The van der Waals surface area contributed by atoms with Gasteiger partial charge in [-0.25, -0.2) is 0 Å². The first-order valence-electron chi connectivity index (χ1n) is 7.40. The molecule has 2 N–H and O–H groups in total. The van der Waals surface area contributed by atoms with Crippen LogP contribution in [0.3, 0.4) is 0 Å². The highest BCUT2D eigenvalue weighted by Crippen LogP contribution is 2.27. The van der Waals surface area contributed by atoms with E-state index in [0.717, 1.165) is 22.6 Å². The highest BCUT2D eigenvalue weighted by atomic mass is 16.5. The van der Waals surface area contributed by atoms with Gasteiger partial charge in [-0.2, -0.15) is 0 Å². The third-order valence-corrected chi connectivity index (χ3v) is 4.05. The highest BCUT2D eigenvalue weighted by Gasteiger charge is 2.11. The zero-order chi connectivity index (χ0) is 14.7. The number of hydrogen-bond donors (Lipinski definition) is 1. The summed E-state index contributed by atoms with van der Waals surface area (Å²) >= 11 is 0. The fourth-order valence-electron chi connectivity index (χ4n) is 2.85. The van der Waals surface area contributed by atoms with Crippen LogP contribution in [0.25, 0.3) is 0 Å². The number of methoxy groups -OCH3 is 1. The Morgan fingerprint density at radius 1 is 1.05 bits per heavy atom. The molecule has 2 aromatic rings. The minimum Gasteiger partial charge on any atom is -0.496 e. The lowest BCUT2D eigenvalue weighted by atomic mass is 10.1. The third kappa shape index (κ3) is 3.03. The Labute approximate surface area is 125 Å². The first kappa shape index (κ1) is 14.0. The molecule has 0 saturated heterocycles. The maximum Gasteiger partial charge on any atom is 0.123 e. The highest BCUT2D eigenvalue weighted by molar-refractivity contribution is 5.39. The van der Waals surface area contributed by atoms with Crippen LogP contribution in [-0.4, -0.2) is 7.11 Å². The van der Waals surface area contributed by atoms with E-state index in [0.29, 0.717) is 13.2 Å². The molecule has 3 nitrogen and oxygen atoms in total. The molecule has 3 heteroatoms. The predicted octanol–water partition coefficient (Wildman–Crippen LogP) is 3.22. The Hall–Kier alpha value is -2.00. The zero-order valence-electron chi connectivity index (χ0n) is 12.4. The van der Waals surface area contributed by atoms with Gasteiger partial charge in [0.1, 0.15) is 18.1 Å². The molecule has 0 heterocycles. The van der Waals surface area contributed by atoms with Crippen molar-refractivity contribution in [1.82, 2.24) is 0 Å². The van der Waals surface area contributed by atoms with Gasteiger partial charge >= 0.3 is 0 Å². The molecule has 21 heavy (non-hydrogen) atoms. The van der Waals surface area contributed by atoms with Crippen LogP contribution < -0.4 is 15.2 Å². The van der Waals surface area contributed by atoms with Gasteiger partial charge in [0.2, 0.25) is 0 Å². The van der Waals surface area contributed by atoms with Gasteiger partial charge < -0.3 is 15.2 Å². The van der Waals surface area contributed by atoms with Gasteiger partial charge in [0, 0.05) is 12.1 Å². The van der Waals surface area contributed by atoms with E-state index in [1.165, 1.54) is 30.4 Å². The number of fused-ring (bicyclic) bond motifs is 1. The minimum atomic E-state index is 0.481. The summed E-state index contributed by atoms with van der Waals surface area (Å²) in [4.78, 5) is 0. The van der Waals surface area contributed by atoms with E-state index in [9.17, 15) is 0 Å². The minimum absolute atomic E-state index is 0.481. The predicted molar refractivity (Wildman–Crippen MR) is 83.7 cm³/mol. The lowest BCUT2D eigenvalue weighted by Crippen LogP contribution is -2.02. The first-order valence-corrected chi connectivity index (χ1v) is 7.40. The van der Waals surface area contributed by atoms with Gasteiger partial charge in [-0.3, -0.25) is 0 Å². The van der Waals surface area contributed by atoms with Gasteiger partial charge in [0.05, 0.1) is 7.11 Å². The van der Waals surface area contributed by atoms with E-state index in [1.54, 1.807) is 7.11 Å². The van der Waals surface area contributed by atoms with Crippen molar-refractivity contribution >= 4 is 0 Å². The van der Waals surface area contributed by atoms with Gasteiger partial charge in [-0.05, 0) is 54.2 Å². The summed E-state index contributed by atoms with van der Waals surface area (Å²) in [7, 11) is 1.67. The molecule has 110 valence electrons. The third-order valence-electron chi connectivity index (χ3n) is 4.05. The molecule has 0 aliphatic heterocycles. The van der Waals surface area contributed by atoms with Crippen molar-refractivity contribution in [2.45, 2.75) is 32.4 Å². The second-order valence-electron chi connectivity index (χ2n) is 5.42. The average molecular weight is 283 g/mol. The maximum absolute atomic E-state index is 5.90.